The predicted octanol–water partition coefficient (Wildman–Crippen LogP) is 7.08. The molecule has 0 saturated carbocycles. The molecule has 242 valence electrons. The molecule has 0 N–H and O–H groups in total. The number of carbonyl (C=O) groups excluding carboxylic acids is 1. The standard InChI is InChI=1S/C27H20Cl2F6N2O7S/c1-2-44-45(41,42)23-6-4-19(37(39)40)13-20(23)25(16-3-5-21(28)22(29)12-16)14-36(7-8-43-25)24(38)15-9-17(26(30,31)32)11-18(10-15)27(33,34)35/h3-6,9-13H,2,7-8,14H2,1H3/t25-/m1/s1. The van der Waals surface area contributed by atoms with E-state index >= 15 is 0 Å². The normalized spacial score (nSPS) is 17.8. The molecule has 18 heteroatoms. The summed E-state index contributed by atoms with van der Waals surface area (Å²) in [6.45, 7) is -0.548. The van der Waals surface area contributed by atoms with Gasteiger partial charge in [0, 0.05) is 29.8 Å². The first-order valence-electron chi connectivity index (χ1n) is 12.7. The monoisotopic (exact) mass is 700 g/mol. The van der Waals surface area contributed by atoms with Gasteiger partial charge in [0.2, 0.25) is 0 Å². The van der Waals surface area contributed by atoms with Gasteiger partial charge in [-0.25, -0.2) is 0 Å². The molecule has 1 amide bonds. The molecule has 0 spiro atoms. The maximum atomic E-state index is 13.6. The molecule has 3 aromatic carbocycles. The number of hydrogen-bond donors (Lipinski definition) is 0. The van der Waals surface area contributed by atoms with E-state index in [0.29, 0.717) is 0 Å². The number of halogens is 8. The average Bonchev–Trinajstić information content (AvgIpc) is 2.96. The quantitative estimate of drug-likeness (QED) is 0.112. The number of benzene rings is 3. The third-order valence-electron chi connectivity index (χ3n) is 6.78. The van der Waals surface area contributed by atoms with Crippen LogP contribution >= 0.6 is 23.2 Å². The zero-order valence-corrected chi connectivity index (χ0v) is 25.0. The van der Waals surface area contributed by atoms with Gasteiger partial charge in [0.25, 0.3) is 21.7 Å². The first kappa shape index (κ1) is 34.4. The van der Waals surface area contributed by atoms with Crippen LogP contribution in [0.2, 0.25) is 10.0 Å². The highest BCUT2D eigenvalue weighted by molar-refractivity contribution is 7.86. The lowest BCUT2D eigenvalue weighted by atomic mass is 9.84. The van der Waals surface area contributed by atoms with Crippen LogP contribution in [-0.4, -0.2) is 50.5 Å². The van der Waals surface area contributed by atoms with Crippen LogP contribution in [0.4, 0.5) is 32.0 Å². The summed E-state index contributed by atoms with van der Waals surface area (Å²) >= 11 is 12.3. The lowest BCUT2D eigenvalue weighted by molar-refractivity contribution is -0.385. The summed E-state index contributed by atoms with van der Waals surface area (Å²) in [5.74, 6) is -1.29. The van der Waals surface area contributed by atoms with Crippen LogP contribution in [0.25, 0.3) is 0 Å². The molecule has 1 heterocycles. The van der Waals surface area contributed by atoms with E-state index in [4.69, 9.17) is 32.1 Å². The largest absolute Gasteiger partial charge is 0.416 e. The Morgan fingerprint density at radius 1 is 1.00 bits per heavy atom. The number of carbonyl (C=O) groups is 1. The third-order valence-corrected chi connectivity index (χ3v) is 8.96. The topological polar surface area (TPSA) is 116 Å². The van der Waals surface area contributed by atoms with Crippen molar-refractivity contribution in [3.8, 4) is 0 Å². The number of morpholine rings is 1. The molecule has 45 heavy (non-hydrogen) atoms. The number of rotatable bonds is 7. The number of nitro groups is 1. The highest BCUT2D eigenvalue weighted by atomic mass is 35.5. The van der Waals surface area contributed by atoms with Gasteiger partial charge in [0.1, 0.15) is 10.5 Å². The third kappa shape index (κ3) is 7.04. The average molecular weight is 701 g/mol. The van der Waals surface area contributed by atoms with Crippen molar-refractivity contribution in [3.05, 3.63) is 103 Å². The highest BCUT2D eigenvalue weighted by Crippen LogP contribution is 2.44. The van der Waals surface area contributed by atoms with E-state index < -0.39 is 84.9 Å². The van der Waals surface area contributed by atoms with Crippen molar-refractivity contribution >= 4 is 44.9 Å². The minimum absolute atomic E-state index is 0.00266. The number of ether oxygens (including phenoxy) is 1. The Hall–Kier alpha value is -3.44. The predicted molar refractivity (Wildman–Crippen MR) is 147 cm³/mol. The van der Waals surface area contributed by atoms with Gasteiger partial charge in [-0.2, -0.15) is 34.8 Å². The number of nitrogens with zero attached hydrogens (tertiary/aromatic N) is 2. The van der Waals surface area contributed by atoms with Crippen molar-refractivity contribution in [3.63, 3.8) is 0 Å². The molecule has 1 fully saturated rings. The van der Waals surface area contributed by atoms with Gasteiger partial charge in [0.15, 0.2) is 0 Å². The van der Waals surface area contributed by atoms with Crippen molar-refractivity contribution in [1.29, 1.82) is 0 Å². The lowest BCUT2D eigenvalue weighted by Gasteiger charge is -2.44. The van der Waals surface area contributed by atoms with Crippen LogP contribution < -0.4 is 0 Å². The first-order chi connectivity index (χ1) is 20.8. The number of nitro benzene ring substituents is 1. The molecule has 4 rings (SSSR count). The molecule has 0 aromatic heterocycles. The summed E-state index contributed by atoms with van der Waals surface area (Å²) in [7, 11) is -4.65. The molecule has 0 aliphatic carbocycles. The summed E-state index contributed by atoms with van der Waals surface area (Å²) < 4.78 is 119. The van der Waals surface area contributed by atoms with Gasteiger partial charge in [-0.3, -0.25) is 19.1 Å². The van der Waals surface area contributed by atoms with Crippen molar-refractivity contribution in [1.82, 2.24) is 4.90 Å². The van der Waals surface area contributed by atoms with Crippen LogP contribution in [0.1, 0.15) is 39.5 Å². The maximum Gasteiger partial charge on any atom is 0.416 e. The zero-order chi connectivity index (χ0) is 33.5. The van der Waals surface area contributed by atoms with Crippen LogP contribution in [0, 0.1) is 10.1 Å². The molecule has 1 saturated heterocycles. The van der Waals surface area contributed by atoms with E-state index in [-0.39, 0.29) is 47.0 Å². The Labute approximate surface area is 261 Å². The molecule has 0 radical (unpaired) electrons. The molecule has 1 aliphatic rings. The Bertz CT molecular complexity index is 1740. The first-order valence-corrected chi connectivity index (χ1v) is 14.8. The Morgan fingerprint density at radius 2 is 1.62 bits per heavy atom. The van der Waals surface area contributed by atoms with Gasteiger partial charge in [-0.1, -0.05) is 29.3 Å². The van der Waals surface area contributed by atoms with Crippen LogP contribution in [0.15, 0.2) is 59.5 Å². The van der Waals surface area contributed by atoms with Crippen molar-refractivity contribution in [2.75, 3.05) is 26.3 Å². The van der Waals surface area contributed by atoms with Crippen molar-refractivity contribution in [2.24, 2.45) is 0 Å². The van der Waals surface area contributed by atoms with Crippen molar-refractivity contribution < 1.29 is 53.4 Å². The fourth-order valence-electron chi connectivity index (χ4n) is 4.78. The minimum Gasteiger partial charge on any atom is -0.362 e. The highest BCUT2D eigenvalue weighted by Gasteiger charge is 2.47. The molecule has 1 aliphatic heterocycles. The van der Waals surface area contributed by atoms with E-state index in [1.165, 1.54) is 25.1 Å². The van der Waals surface area contributed by atoms with Crippen LogP contribution in [0.3, 0.4) is 0 Å². The zero-order valence-electron chi connectivity index (χ0n) is 22.7. The second-order valence-electron chi connectivity index (χ2n) is 9.62. The van der Waals surface area contributed by atoms with Crippen LogP contribution in [-0.2, 0) is 37.0 Å². The summed E-state index contributed by atoms with van der Waals surface area (Å²) in [5, 5.41) is 11.7. The number of non-ortho nitro benzene ring substituents is 1. The molecule has 0 bridgehead atoms. The van der Waals surface area contributed by atoms with Crippen LogP contribution in [0.5, 0.6) is 0 Å². The maximum absolute atomic E-state index is 13.6. The Morgan fingerprint density at radius 3 is 2.16 bits per heavy atom. The summed E-state index contributed by atoms with van der Waals surface area (Å²) in [4.78, 5) is 24.8. The summed E-state index contributed by atoms with van der Waals surface area (Å²) in [6, 6.07) is 6.80. The van der Waals surface area contributed by atoms with Gasteiger partial charge < -0.3 is 9.64 Å². The Balaban J connectivity index is 1.97. The molecule has 0 unspecified atom stereocenters. The number of amides is 1. The van der Waals surface area contributed by atoms with E-state index in [1.807, 2.05) is 0 Å². The fraction of sp³-hybridized carbons (Fsp3) is 0.296. The molecule has 3 aromatic rings. The summed E-state index contributed by atoms with van der Waals surface area (Å²) in [6.07, 6.45) is -10.5. The lowest BCUT2D eigenvalue weighted by Crippen LogP contribution is -2.53. The molecule has 9 nitrogen and oxygen atoms in total. The van der Waals surface area contributed by atoms with Gasteiger partial charge >= 0.3 is 12.4 Å². The molecule has 1 atom stereocenters. The second-order valence-corrected chi connectivity index (χ2v) is 12.0. The van der Waals surface area contributed by atoms with E-state index in [2.05, 4.69) is 0 Å². The smallest absolute Gasteiger partial charge is 0.362 e. The second kappa shape index (κ2) is 12.4. The molecular weight excluding hydrogens is 681 g/mol. The van der Waals surface area contributed by atoms with Gasteiger partial charge in [-0.15, -0.1) is 0 Å². The van der Waals surface area contributed by atoms with Crippen molar-refractivity contribution in [2.45, 2.75) is 29.8 Å². The number of alkyl halides is 6. The number of hydrogen-bond acceptors (Lipinski definition) is 7. The van der Waals surface area contributed by atoms with Gasteiger partial charge in [0.05, 0.1) is 45.9 Å². The van der Waals surface area contributed by atoms with E-state index in [1.54, 1.807) is 0 Å². The van der Waals surface area contributed by atoms with E-state index in [9.17, 15) is 49.7 Å². The Kier molecular flexibility index (Phi) is 9.49. The van der Waals surface area contributed by atoms with Gasteiger partial charge in [-0.05, 0) is 48.9 Å². The van der Waals surface area contributed by atoms with E-state index in [0.717, 1.165) is 23.1 Å². The fourth-order valence-corrected chi connectivity index (χ4v) is 6.25. The SMILES string of the molecule is CCOS(=O)(=O)c1ccc([N+](=O)[O-])cc1[C@]1(c2ccc(Cl)c(Cl)c2)CN(C(=O)c2cc(C(F)(F)F)cc(C(F)(F)F)c2)CCO1. The minimum atomic E-state index is -5.24. The summed E-state index contributed by atoms with van der Waals surface area (Å²) in [5.41, 5.74) is -7.59. The molecular formula is C27H20Cl2F6N2O7S.